The zero-order chi connectivity index (χ0) is 40.5. The molecule has 0 aliphatic rings. The number of carboxylic acids is 1. The van der Waals surface area contributed by atoms with Gasteiger partial charge in [0.25, 0.3) is 0 Å². The highest BCUT2D eigenvalue weighted by molar-refractivity contribution is 5.80. The van der Waals surface area contributed by atoms with Crippen LogP contribution in [0.2, 0.25) is 0 Å². The molecule has 1 atom stereocenters. The first-order valence-corrected chi connectivity index (χ1v) is 20.3. The largest absolute Gasteiger partial charge is 0.481 e. The van der Waals surface area contributed by atoms with Crippen molar-refractivity contribution in [1.82, 2.24) is 21.3 Å². The molecule has 1 unspecified atom stereocenters. The summed E-state index contributed by atoms with van der Waals surface area (Å²) in [5, 5.41) is 19.3. The quantitative estimate of drug-likeness (QED) is 0.0445. The molecule has 55 heavy (non-hydrogen) atoms. The molecule has 0 spiro atoms. The number of hydrogen-bond acceptors (Lipinski definition) is 11. The van der Waals surface area contributed by atoms with Gasteiger partial charge in [0.15, 0.2) is 0 Å². The second kappa shape index (κ2) is 40.2. The van der Waals surface area contributed by atoms with E-state index in [1.165, 1.54) is 51.4 Å². The Morgan fingerprint density at radius 3 is 1.36 bits per heavy atom. The van der Waals surface area contributed by atoms with Gasteiger partial charge in [0.05, 0.1) is 45.7 Å². The van der Waals surface area contributed by atoms with E-state index in [0.717, 1.165) is 38.5 Å². The molecular weight excluding hydrogens is 716 g/mol. The van der Waals surface area contributed by atoms with E-state index in [4.69, 9.17) is 24.1 Å². The number of carbonyl (C=O) groups excluding carboxylic acids is 6. The summed E-state index contributed by atoms with van der Waals surface area (Å²) in [6, 6.07) is -0.689. The average molecular weight is 787 g/mol. The number of aldehydes is 2. The van der Waals surface area contributed by atoms with Gasteiger partial charge < -0.3 is 54.9 Å². The Labute approximate surface area is 327 Å². The fraction of sp³-hybridized carbons (Fsp3) is 0.821. The van der Waals surface area contributed by atoms with E-state index in [1.807, 2.05) is 0 Å². The predicted molar refractivity (Wildman–Crippen MR) is 206 cm³/mol. The SMILES string of the molecule is O=CCCC(C=O)NC(=O)CCCNC(=O)COCCOCCNC(=O)COCCOCCNC(=O)CCCCCCCCCCCCCCCCC(=O)O. The molecule has 16 nitrogen and oxygen atoms in total. The van der Waals surface area contributed by atoms with Gasteiger partial charge >= 0.3 is 5.97 Å². The lowest BCUT2D eigenvalue weighted by Crippen LogP contribution is -2.36. The van der Waals surface area contributed by atoms with Gasteiger partial charge in [-0.2, -0.15) is 0 Å². The van der Waals surface area contributed by atoms with Crippen molar-refractivity contribution in [3.8, 4) is 0 Å². The van der Waals surface area contributed by atoms with Gasteiger partial charge in [0.2, 0.25) is 23.6 Å². The van der Waals surface area contributed by atoms with Crippen molar-refractivity contribution < 1.29 is 57.6 Å². The van der Waals surface area contributed by atoms with Crippen LogP contribution in [0.5, 0.6) is 0 Å². The Kier molecular flexibility index (Phi) is 37.7. The number of hydrogen-bond donors (Lipinski definition) is 5. The summed E-state index contributed by atoms with van der Waals surface area (Å²) in [4.78, 5) is 79.3. The third-order valence-corrected chi connectivity index (χ3v) is 8.40. The van der Waals surface area contributed by atoms with Crippen LogP contribution < -0.4 is 21.3 Å². The zero-order valence-electron chi connectivity index (χ0n) is 33.1. The van der Waals surface area contributed by atoms with Crippen LogP contribution >= 0.6 is 0 Å². The minimum absolute atomic E-state index is 0.0337. The van der Waals surface area contributed by atoms with Crippen molar-refractivity contribution in [1.29, 1.82) is 0 Å². The fourth-order valence-electron chi connectivity index (χ4n) is 5.35. The topological polar surface area (TPSA) is 225 Å². The lowest BCUT2D eigenvalue weighted by molar-refractivity contribution is -0.137. The summed E-state index contributed by atoms with van der Waals surface area (Å²) >= 11 is 0. The van der Waals surface area contributed by atoms with E-state index < -0.39 is 12.0 Å². The minimum Gasteiger partial charge on any atom is -0.481 e. The molecule has 0 fully saturated rings. The molecule has 0 heterocycles. The lowest BCUT2D eigenvalue weighted by atomic mass is 10.0. The molecule has 4 amide bonds. The van der Waals surface area contributed by atoms with Crippen molar-refractivity contribution in [2.45, 2.75) is 134 Å². The van der Waals surface area contributed by atoms with Gasteiger partial charge in [0, 0.05) is 45.3 Å². The maximum atomic E-state index is 12.0. The van der Waals surface area contributed by atoms with Crippen molar-refractivity contribution in [3.63, 3.8) is 0 Å². The van der Waals surface area contributed by atoms with Crippen LogP contribution in [0, 0.1) is 0 Å². The zero-order valence-corrected chi connectivity index (χ0v) is 33.1. The summed E-state index contributed by atoms with van der Waals surface area (Å²) in [5.41, 5.74) is 0. The van der Waals surface area contributed by atoms with Crippen LogP contribution in [0.1, 0.15) is 128 Å². The standard InChI is InChI=1S/C39H70N4O12/c44-24-16-17-34(31-45)43-36(47)19-15-21-40-37(48)32-54-29-28-53-26-23-42-38(49)33-55-30-27-52-25-22-41-35(46)18-13-11-9-7-5-3-1-2-4-6-8-10-12-14-20-39(50)51/h24,31,34H,1-23,25-30,32-33H2,(H,40,48)(H,41,46)(H,42,49)(H,43,47)(H,50,51). The highest BCUT2D eigenvalue weighted by atomic mass is 16.5. The molecule has 0 aromatic rings. The Hall–Kier alpha value is -3.47. The maximum absolute atomic E-state index is 12.0. The van der Waals surface area contributed by atoms with Gasteiger partial charge in [0.1, 0.15) is 25.8 Å². The lowest BCUT2D eigenvalue weighted by Gasteiger charge is -2.11. The summed E-state index contributed by atoms with van der Waals surface area (Å²) in [7, 11) is 0. The first kappa shape index (κ1) is 51.5. The first-order valence-electron chi connectivity index (χ1n) is 20.3. The van der Waals surface area contributed by atoms with Gasteiger partial charge in [-0.15, -0.1) is 0 Å². The molecule has 0 aliphatic heterocycles. The number of unbranched alkanes of at least 4 members (excludes halogenated alkanes) is 13. The number of aliphatic carboxylic acids is 1. The number of amides is 4. The van der Waals surface area contributed by atoms with E-state index in [-0.39, 0.29) is 89.1 Å². The highest BCUT2D eigenvalue weighted by Gasteiger charge is 2.11. The molecule has 0 aromatic heterocycles. The average Bonchev–Trinajstić information content (AvgIpc) is 3.16. The van der Waals surface area contributed by atoms with Gasteiger partial charge in [-0.25, -0.2) is 0 Å². The van der Waals surface area contributed by atoms with Crippen LogP contribution in [-0.4, -0.2) is 126 Å². The molecule has 318 valence electrons. The molecular formula is C39H70N4O12. The Morgan fingerprint density at radius 1 is 0.473 bits per heavy atom. The van der Waals surface area contributed by atoms with Crippen molar-refractivity contribution in [2.24, 2.45) is 0 Å². The van der Waals surface area contributed by atoms with Crippen LogP contribution in [-0.2, 0) is 52.5 Å². The maximum Gasteiger partial charge on any atom is 0.303 e. The van der Waals surface area contributed by atoms with Crippen LogP contribution in [0.4, 0.5) is 0 Å². The van der Waals surface area contributed by atoms with Gasteiger partial charge in [-0.3, -0.25) is 24.0 Å². The van der Waals surface area contributed by atoms with E-state index in [1.54, 1.807) is 0 Å². The normalized spacial score (nSPS) is 11.4. The molecule has 0 rings (SSSR count). The fourth-order valence-corrected chi connectivity index (χ4v) is 5.35. The van der Waals surface area contributed by atoms with Crippen LogP contribution in [0.3, 0.4) is 0 Å². The van der Waals surface area contributed by atoms with E-state index in [2.05, 4.69) is 21.3 Å². The third kappa shape index (κ3) is 40.0. The highest BCUT2D eigenvalue weighted by Crippen LogP contribution is 2.13. The Balaban J connectivity index is 3.40. The van der Waals surface area contributed by atoms with Crippen molar-refractivity contribution >= 4 is 42.2 Å². The number of rotatable bonds is 42. The number of nitrogens with one attached hydrogen (secondary N) is 4. The number of carbonyl (C=O) groups is 7. The summed E-state index contributed by atoms with van der Waals surface area (Å²) in [6.45, 7) is 2.36. The first-order chi connectivity index (χ1) is 26.8. The van der Waals surface area contributed by atoms with E-state index in [0.29, 0.717) is 58.1 Å². The molecule has 0 aromatic carbocycles. The summed E-state index contributed by atoms with van der Waals surface area (Å²) in [6.07, 6.45) is 19.2. The van der Waals surface area contributed by atoms with Crippen LogP contribution in [0.15, 0.2) is 0 Å². The number of ether oxygens (including phenoxy) is 4. The van der Waals surface area contributed by atoms with Crippen molar-refractivity contribution in [3.05, 3.63) is 0 Å². The molecule has 0 bridgehead atoms. The van der Waals surface area contributed by atoms with Crippen molar-refractivity contribution in [2.75, 3.05) is 72.5 Å². The molecule has 0 saturated heterocycles. The van der Waals surface area contributed by atoms with E-state index >= 15 is 0 Å². The third-order valence-electron chi connectivity index (χ3n) is 8.40. The van der Waals surface area contributed by atoms with E-state index in [9.17, 15) is 33.6 Å². The van der Waals surface area contributed by atoms with Gasteiger partial charge in [-0.05, 0) is 25.7 Å². The minimum atomic E-state index is -0.697. The second-order valence-corrected chi connectivity index (χ2v) is 13.4. The predicted octanol–water partition coefficient (Wildman–Crippen LogP) is 3.17. The van der Waals surface area contributed by atoms with Gasteiger partial charge in [-0.1, -0.05) is 77.0 Å². The molecule has 0 aliphatic carbocycles. The second-order valence-electron chi connectivity index (χ2n) is 13.4. The Bertz CT molecular complexity index is 1020. The van der Waals surface area contributed by atoms with Crippen LogP contribution in [0.25, 0.3) is 0 Å². The molecule has 0 saturated carbocycles. The molecule has 0 radical (unpaired) electrons. The Morgan fingerprint density at radius 2 is 0.891 bits per heavy atom. The molecule has 5 N–H and O–H groups in total. The number of carboxylic acid groups (broad SMARTS) is 1. The monoisotopic (exact) mass is 786 g/mol. The molecule has 16 heteroatoms. The summed E-state index contributed by atoms with van der Waals surface area (Å²) < 4.78 is 21.3. The smallest absolute Gasteiger partial charge is 0.303 e. The summed E-state index contributed by atoms with van der Waals surface area (Å²) in [5.74, 6) is -1.61.